The van der Waals surface area contributed by atoms with E-state index in [4.69, 9.17) is 5.11 Å². The van der Waals surface area contributed by atoms with Gasteiger partial charge in [-0.2, -0.15) is 0 Å². The van der Waals surface area contributed by atoms with Gasteiger partial charge in [0.15, 0.2) is 5.41 Å². The normalized spacial score (nSPS) is 12.6. The number of aliphatic carboxylic acids is 1. The molecule has 1 N–H and O–H groups in total. The summed E-state index contributed by atoms with van der Waals surface area (Å²) in [7, 11) is 0. The van der Waals surface area contributed by atoms with Gasteiger partial charge in [-0.05, 0) is 6.92 Å². The van der Waals surface area contributed by atoms with Crippen LogP contribution in [0.2, 0.25) is 0 Å². The Morgan fingerprint density at radius 2 is 1.55 bits per heavy atom. The fraction of sp³-hybridized carbons (Fsp3) is 0.800. The fourth-order valence-corrected chi connectivity index (χ4v) is 0.282. The molecule has 0 saturated heterocycles. The van der Waals surface area contributed by atoms with E-state index in [1.165, 1.54) is 0 Å². The highest BCUT2D eigenvalue weighted by Gasteiger charge is 2.51. The first-order valence-electron chi connectivity index (χ1n) is 2.63. The number of hydrogen-bond acceptors (Lipinski definition) is 1. The van der Waals surface area contributed by atoms with E-state index in [2.05, 4.69) is 0 Å². The van der Waals surface area contributed by atoms with Gasteiger partial charge in [0, 0.05) is 0 Å². The Hall–Kier alpha value is -0.810. The molecule has 0 radical (unpaired) electrons. The lowest BCUT2D eigenvalue weighted by molar-refractivity contribution is -0.174. The summed E-state index contributed by atoms with van der Waals surface area (Å²) in [6.45, 7) is 0.310. The van der Waals surface area contributed by atoms with E-state index < -0.39 is 24.2 Å². The van der Waals surface area contributed by atoms with Gasteiger partial charge < -0.3 is 5.11 Å². The van der Waals surface area contributed by atoms with Gasteiger partial charge in [0.25, 0.3) is 12.9 Å². The van der Waals surface area contributed by atoms with Crippen LogP contribution in [0.25, 0.3) is 0 Å². The molecular weight excluding hydrogens is 168 g/mol. The molecule has 0 aromatic rings. The third-order valence-corrected chi connectivity index (χ3v) is 1.37. The van der Waals surface area contributed by atoms with Gasteiger partial charge in [-0.3, -0.25) is 4.79 Å². The molecule has 0 amide bonds. The molecule has 6 heteroatoms. The van der Waals surface area contributed by atoms with Crippen LogP contribution in [0.1, 0.15) is 6.92 Å². The minimum Gasteiger partial charge on any atom is -0.481 e. The molecule has 0 heterocycles. The maximum absolute atomic E-state index is 11.7. The van der Waals surface area contributed by atoms with Gasteiger partial charge in [-0.15, -0.1) is 0 Å². The molecule has 11 heavy (non-hydrogen) atoms. The molecule has 0 aliphatic rings. The zero-order chi connectivity index (χ0) is 9.23. The first-order valence-corrected chi connectivity index (χ1v) is 2.63. The van der Waals surface area contributed by atoms with Crippen molar-refractivity contribution in [2.75, 3.05) is 0 Å². The molecule has 0 bridgehead atoms. The number of carboxylic acids is 1. The molecule has 0 fully saturated rings. The second-order valence-corrected chi connectivity index (χ2v) is 2.19. The Labute approximate surface area is 59.8 Å². The van der Waals surface area contributed by atoms with E-state index in [1.807, 2.05) is 0 Å². The molecule has 66 valence electrons. The van der Waals surface area contributed by atoms with Crippen molar-refractivity contribution in [3.05, 3.63) is 0 Å². The monoisotopic (exact) mass is 174 g/mol. The second-order valence-electron chi connectivity index (χ2n) is 2.19. The molecule has 0 aliphatic carbocycles. The highest BCUT2D eigenvalue weighted by Crippen LogP contribution is 2.32. The van der Waals surface area contributed by atoms with Crippen molar-refractivity contribution in [2.24, 2.45) is 5.41 Å². The van der Waals surface area contributed by atoms with Crippen LogP contribution in [0.5, 0.6) is 0 Å². The van der Waals surface area contributed by atoms with Crippen LogP contribution in [0.3, 0.4) is 0 Å². The molecule has 0 unspecified atom stereocenters. The number of alkyl halides is 4. The number of halogens is 4. The van der Waals surface area contributed by atoms with Crippen LogP contribution < -0.4 is 0 Å². The molecule has 0 atom stereocenters. The minimum absolute atomic E-state index is 0.310. The highest BCUT2D eigenvalue weighted by molar-refractivity contribution is 5.75. The molecule has 0 rings (SSSR count). The average molecular weight is 174 g/mol. The van der Waals surface area contributed by atoms with Crippen LogP contribution in [-0.2, 0) is 4.79 Å². The summed E-state index contributed by atoms with van der Waals surface area (Å²) >= 11 is 0. The van der Waals surface area contributed by atoms with E-state index in [0.717, 1.165) is 0 Å². The van der Waals surface area contributed by atoms with E-state index in [1.54, 1.807) is 0 Å². The smallest absolute Gasteiger partial charge is 0.321 e. The maximum Gasteiger partial charge on any atom is 0.321 e. The number of hydrogen-bond donors (Lipinski definition) is 1. The first-order chi connectivity index (χ1) is 4.83. The van der Waals surface area contributed by atoms with Crippen LogP contribution in [-0.4, -0.2) is 23.9 Å². The van der Waals surface area contributed by atoms with Gasteiger partial charge in [-0.25, -0.2) is 17.6 Å². The van der Waals surface area contributed by atoms with Crippen molar-refractivity contribution >= 4 is 5.97 Å². The quantitative estimate of drug-likeness (QED) is 0.660. The molecule has 0 saturated carbocycles. The van der Waals surface area contributed by atoms with Crippen LogP contribution in [0, 0.1) is 5.41 Å². The Kier molecular flexibility index (Phi) is 2.84. The number of carbonyl (C=O) groups is 1. The van der Waals surface area contributed by atoms with Gasteiger partial charge in [0.1, 0.15) is 0 Å². The lowest BCUT2D eigenvalue weighted by Crippen LogP contribution is -2.41. The topological polar surface area (TPSA) is 37.3 Å². The van der Waals surface area contributed by atoms with Crippen molar-refractivity contribution in [3.8, 4) is 0 Å². The van der Waals surface area contributed by atoms with Crippen molar-refractivity contribution < 1.29 is 27.5 Å². The van der Waals surface area contributed by atoms with Crippen molar-refractivity contribution in [3.63, 3.8) is 0 Å². The van der Waals surface area contributed by atoms with Crippen molar-refractivity contribution in [1.29, 1.82) is 0 Å². The predicted molar refractivity (Wildman–Crippen MR) is 27.8 cm³/mol. The Bertz CT molecular complexity index is 149. The van der Waals surface area contributed by atoms with Crippen LogP contribution in [0.4, 0.5) is 17.6 Å². The largest absolute Gasteiger partial charge is 0.481 e. The highest BCUT2D eigenvalue weighted by atomic mass is 19.3. The summed E-state index contributed by atoms with van der Waals surface area (Å²) in [6, 6.07) is 0. The SMILES string of the molecule is CC(C(=O)O)(C(F)F)C(F)F. The maximum atomic E-state index is 11.7. The van der Waals surface area contributed by atoms with Gasteiger partial charge >= 0.3 is 5.97 Å². The van der Waals surface area contributed by atoms with Crippen molar-refractivity contribution in [2.45, 2.75) is 19.8 Å². The van der Waals surface area contributed by atoms with E-state index in [9.17, 15) is 22.4 Å². The Morgan fingerprint density at radius 3 is 1.55 bits per heavy atom. The third kappa shape index (κ3) is 1.61. The minimum atomic E-state index is -3.57. The van der Waals surface area contributed by atoms with Gasteiger partial charge in [-0.1, -0.05) is 0 Å². The van der Waals surface area contributed by atoms with Gasteiger partial charge in [0.05, 0.1) is 0 Å². The van der Waals surface area contributed by atoms with E-state index in [0.29, 0.717) is 6.92 Å². The summed E-state index contributed by atoms with van der Waals surface area (Å²) in [4.78, 5) is 9.94. The molecule has 0 aromatic heterocycles. The van der Waals surface area contributed by atoms with Crippen LogP contribution in [0.15, 0.2) is 0 Å². The Morgan fingerprint density at radius 1 is 1.27 bits per heavy atom. The fourth-order valence-electron chi connectivity index (χ4n) is 0.282. The lowest BCUT2D eigenvalue weighted by Gasteiger charge is -2.21. The number of carboxylic acid groups (broad SMARTS) is 1. The standard InChI is InChI=1S/C5H6F4O2/c1-5(2(6)7,3(8)9)4(10)11/h2-3H,1H3,(H,10,11). The molecule has 0 aliphatic heterocycles. The predicted octanol–water partition coefficient (Wildman–Crippen LogP) is 1.61. The van der Waals surface area contributed by atoms with E-state index in [-0.39, 0.29) is 0 Å². The van der Waals surface area contributed by atoms with Gasteiger partial charge in [0.2, 0.25) is 0 Å². The summed E-state index contributed by atoms with van der Waals surface area (Å²) in [5.41, 5.74) is -3.25. The lowest BCUT2D eigenvalue weighted by atomic mass is 9.92. The summed E-state index contributed by atoms with van der Waals surface area (Å²) in [5, 5.41) is 8.01. The molecular formula is C5H6F4O2. The first kappa shape index (κ1) is 10.2. The summed E-state index contributed by atoms with van der Waals surface area (Å²) < 4.78 is 46.9. The second kappa shape index (κ2) is 3.06. The molecule has 0 spiro atoms. The summed E-state index contributed by atoms with van der Waals surface area (Å²) in [6.07, 6.45) is -7.14. The molecule has 0 aromatic carbocycles. The van der Waals surface area contributed by atoms with E-state index >= 15 is 0 Å². The Balaban J connectivity index is 4.67. The molecule has 2 nitrogen and oxygen atoms in total. The summed E-state index contributed by atoms with van der Waals surface area (Å²) in [5.74, 6) is -2.19. The zero-order valence-corrected chi connectivity index (χ0v) is 5.52. The average Bonchev–Trinajstić information content (AvgIpc) is 1.84. The zero-order valence-electron chi connectivity index (χ0n) is 5.52. The third-order valence-electron chi connectivity index (χ3n) is 1.37. The van der Waals surface area contributed by atoms with Crippen molar-refractivity contribution in [1.82, 2.24) is 0 Å². The number of rotatable bonds is 3. The van der Waals surface area contributed by atoms with Crippen LogP contribution >= 0.6 is 0 Å².